The third-order valence-corrected chi connectivity index (χ3v) is 5.56. The monoisotopic (exact) mass is 393 g/mol. The van der Waals surface area contributed by atoms with Crippen molar-refractivity contribution in [2.75, 3.05) is 19.6 Å². The first-order valence-corrected chi connectivity index (χ1v) is 10.8. The zero-order chi connectivity index (χ0) is 21.1. The molecule has 0 aromatic carbocycles. The van der Waals surface area contributed by atoms with E-state index in [4.69, 9.17) is 0 Å². The van der Waals surface area contributed by atoms with Gasteiger partial charge in [-0.3, -0.25) is 9.59 Å². The first-order chi connectivity index (χ1) is 12.9. The summed E-state index contributed by atoms with van der Waals surface area (Å²) in [7, 11) is 0. The highest BCUT2D eigenvalue weighted by atomic mass is 16.2. The van der Waals surface area contributed by atoms with E-state index in [1.807, 2.05) is 20.8 Å². The lowest BCUT2D eigenvalue weighted by Gasteiger charge is -2.32. The average molecular weight is 394 g/mol. The molecular formula is C22H39N3O3. The number of rotatable bonds is 5. The molecule has 2 rings (SSSR count). The fraction of sp³-hybridized carbons (Fsp3) is 0.864. The van der Waals surface area contributed by atoms with E-state index in [0.29, 0.717) is 32.5 Å². The Bertz CT molecular complexity index is 589. The number of likely N-dealkylation sites (tertiary alicyclic amines) is 2. The predicted molar refractivity (Wildman–Crippen MR) is 111 cm³/mol. The first-order valence-electron chi connectivity index (χ1n) is 10.8. The Hall–Kier alpha value is -1.59. The van der Waals surface area contributed by atoms with Crippen LogP contribution in [0.25, 0.3) is 0 Å². The summed E-state index contributed by atoms with van der Waals surface area (Å²) >= 11 is 0. The van der Waals surface area contributed by atoms with Crippen molar-refractivity contribution in [2.24, 2.45) is 10.8 Å². The van der Waals surface area contributed by atoms with Gasteiger partial charge in [0.1, 0.15) is 6.04 Å². The zero-order valence-electron chi connectivity index (χ0n) is 18.6. The van der Waals surface area contributed by atoms with Crippen molar-refractivity contribution in [1.82, 2.24) is 15.1 Å². The maximum absolute atomic E-state index is 13.2. The molecule has 2 heterocycles. The molecule has 0 aromatic heterocycles. The molecule has 0 aromatic rings. The molecule has 0 aliphatic carbocycles. The third kappa shape index (κ3) is 6.21. The van der Waals surface area contributed by atoms with Gasteiger partial charge >= 0.3 is 6.03 Å². The molecule has 2 aliphatic rings. The van der Waals surface area contributed by atoms with Gasteiger partial charge in [-0.1, -0.05) is 41.5 Å². The number of carbonyl (C=O) groups excluding carboxylic acids is 3. The first kappa shape index (κ1) is 22.7. The molecule has 2 fully saturated rings. The lowest BCUT2D eigenvalue weighted by molar-refractivity contribution is -0.141. The van der Waals surface area contributed by atoms with E-state index in [9.17, 15) is 14.4 Å². The van der Waals surface area contributed by atoms with Gasteiger partial charge in [0.2, 0.25) is 5.91 Å². The SMILES string of the molecule is CC(C)(C)CCNC(=O)N1CCCC1C(=O)N1CCCC1C(=O)CC(C)(C)C. The van der Waals surface area contributed by atoms with Gasteiger partial charge in [0.15, 0.2) is 5.78 Å². The van der Waals surface area contributed by atoms with Crippen LogP contribution in [0.3, 0.4) is 0 Å². The van der Waals surface area contributed by atoms with Crippen LogP contribution in [0.2, 0.25) is 0 Å². The number of hydrogen-bond donors (Lipinski definition) is 1. The summed E-state index contributed by atoms with van der Waals surface area (Å²) in [5.41, 5.74) is 0.0738. The summed E-state index contributed by atoms with van der Waals surface area (Å²) in [6, 6.07) is -0.910. The van der Waals surface area contributed by atoms with Crippen LogP contribution in [0.1, 0.15) is 80.1 Å². The normalized spacial score (nSPS) is 23.2. The Morgan fingerprint density at radius 1 is 0.857 bits per heavy atom. The molecule has 0 spiro atoms. The Morgan fingerprint density at radius 2 is 1.43 bits per heavy atom. The highest BCUT2D eigenvalue weighted by Crippen LogP contribution is 2.28. The second-order valence-corrected chi connectivity index (χ2v) is 10.8. The number of ketones is 1. The maximum Gasteiger partial charge on any atom is 0.318 e. The van der Waals surface area contributed by atoms with Crippen molar-refractivity contribution in [2.45, 2.75) is 92.2 Å². The number of amides is 3. The molecule has 2 unspecified atom stereocenters. The topological polar surface area (TPSA) is 69.7 Å². The minimum atomic E-state index is -0.433. The number of carbonyl (C=O) groups is 3. The van der Waals surface area contributed by atoms with Gasteiger partial charge in [0, 0.05) is 26.1 Å². The van der Waals surface area contributed by atoms with Crippen molar-refractivity contribution < 1.29 is 14.4 Å². The summed E-state index contributed by atoms with van der Waals surface area (Å²) in [6.45, 7) is 14.4. The van der Waals surface area contributed by atoms with Crippen LogP contribution < -0.4 is 5.32 Å². The fourth-order valence-corrected chi connectivity index (χ4v) is 4.11. The van der Waals surface area contributed by atoms with Gasteiger partial charge in [0.05, 0.1) is 6.04 Å². The largest absolute Gasteiger partial charge is 0.338 e. The standard InChI is InChI=1S/C22H39N3O3/c1-21(2,3)11-12-23-20(28)25-14-8-10-17(25)19(27)24-13-7-9-16(24)18(26)15-22(4,5)6/h16-17H,7-15H2,1-6H3,(H,23,28). The number of nitrogens with zero attached hydrogens (tertiary/aromatic N) is 2. The van der Waals surface area contributed by atoms with Crippen molar-refractivity contribution in [3.8, 4) is 0 Å². The van der Waals surface area contributed by atoms with E-state index in [-0.39, 0.29) is 34.6 Å². The highest BCUT2D eigenvalue weighted by molar-refractivity contribution is 5.93. The minimum Gasteiger partial charge on any atom is -0.338 e. The molecular weight excluding hydrogens is 354 g/mol. The van der Waals surface area contributed by atoms with Crippen LogP contribution in [0.5, 0.6) is 0 Å². The maximum atomic E-state index is 13.2. The number of hydrogen-bond acceptors (Lipinski definition) is 3. The Kier molecular flexibility index (Phi) is 7.16. The van der Waals surface area contributed by atoms with Gasteiger partial charge in [-0.2, -0.15) is 0 Å². The quantitative estimate of drug-likeness (QED) is 0.776. The van der Waals surface area contributed by atoms with E-state index in [1.165, 1.54) is 0 Å². The summed E-state index contributed by atoms with van der Waals surface area (Å²) in [4.78, 5) is 42.0. The molecule has 6 heteroatoms. The summed E-state index contributed by atoms with van der Waals surface area (Å²) in [5.74, 6) is 0.103. The van der Waals surface area contributed by atoms with E-state index >= 15 is 0 Å². The Balaban J connectivity index is 1.99. The van der Waals surface area contributed by atoms with E-state index in [2.05, 4.69) is 26.1 Å². The Morgan fingerprint density at radius 3 is 2.00 bits per heavy atom. The lowest BCUT2D eigenvalue weighted by Crippen LogP contribution is -2.53. The fourth-order valence-electron chi connectivity index (χ4n) is 4.11. The van der Waals surface area contributed by atoms with Gasteiger partial charge in [-0.25, -0.2) is 4.79 Å². The van der Waals surface area contributed by atoms with Crippen LogP contribution in [0.15, 0.2) is 0 Å². The van der Waals surface area contributed by atoms with Crippen molar-refractivity contribution >= 4 is 17.7 Å². The van der Waals surface area contributed by atoms with Gasteiger partial charge in [-0.05, 0) is 42.9 Å². The number of urea groups is 1. The molecule has 0 saturated carbocycles. The number of nitrogens with one attached hydrogen (secondary N) is 1. The lowest BCUT2D eigenvalue weighted by atomic mass is 9.87. The van der Waals surface area contributed by atoms with Gasteiger partial charge < -0.3 is 15.1 Å². The molecule has 0 radical (unpaired) electrons. The second kappa shape index (κ2) is 8.83. The summed E-state index contributed by atoms with van der Waals surface area (Å²) in [6.07, 6.45) is 4.48. The zero-order valence-corrected chi connectivity index (χ0v) is 18.6. The average Bonchev–Trinajstić information content (AvgIpc) is 3.20. The summed E-state index contributed by atoms with van der Waals surface area (Å²) < 4.78 is 0. The molecule has 160 valence electrons. The van der Waals surface area contributed by atoms with Crippen molar-refractivity contribution in [3.05, 3.63) is 0 Å². The van der Waals surface area contributed by atoms with Gasteiger partial charge in [0.25, 0.3) is 0 Å². The van der Waals surface area contributed by atoms with Gasteiger partial charge in [-0.15, -0.1) is 0 Å². The molecule has 2 saturated heterocycles. The van der Waals surface area contributed by atoms with Crippen LogP contribution in [0, 0.1) is 10.8 Å². The van der Waals surface area contributed by atoms with Crippen LogP contribution in [0.4, 0.5) is 4.79 Å². The molecule has 1 N–H and O–H groups in total. The number of Topliss-reactive ketones (excluding diaryl/α,β-unsaturated/α-hetero) is 1. The molecule has 6 nitrogen and oxygen atoms in total. The van der Waals surface area contributed by atoms with Crippen LogP contribution in [-0.4, -0.2) is 59.2 Å². The minimum absolute atomic E-state index is 0.0479. The predicted octanol–water partition coefficient (Wildman–Crippen LogP) is 3.59. The van der Waals surface area contributed by atoms with E-state index in [1.54, 1.807) is 9.80 Å². The second-order valence-electron chi connectivity index (χ2n) is 10.8. The molecule has 0 bridgehead atoms. The molecule has 28 heavy (non-hydrogen) atoms. The van der Waals surface area contributed by atoms with E-state index < -0.39 is 6.04 Å². The smallest absolute Gasteiger partial charge is 0.318 e. The van der Waals surface area contributed by atoms with E-state index in [0.717, 1.165) is 25.7 Å². The Labute approximate surface area is 170 Å². The van der Waals surface area contributed by atoms with Crippen molar-refractivity contribution in [1.29, 1.82) is 0 Å². The van der Waals surface area contributed by atoms with Crippen LogP contribution >= 0.6 is 0 Å². The molecule has 2 atom stereocenters. The molecule has 2 aliphatic heterocycles. The molecule has 3 amide bonds. The third-order valence-electron chi connectivity index (χ3n) is 5.56. The highest BCUT2D eigenvalue weighted by Gasteiger charge is 2.42. The van der Waals surface area contributed by atoms with Crippen molar-refractivity contribution in [3.63, 3.8) is 0 Å². The van der Waals surface area contributed by atoms with Crippen LogP contribution in [-0.2, 0) is 9.59 Å². The summed E-state index contributed by atoms with van der Waals surface area (Å²) in [5, 5.41) is 2.97.